The van der Waals surface area contributed by atoms with Crippen molar-refractivity contribution in [3.63, 3.8) is 0 Å². The van der Waals surface area contributed by atoms with Crippen LogP contribution in [0.5, 0.6) is 0 Å². The number of ether oxygens (including phenoxy) is 1. The van der Waals surface area contributed by atoms with E-state index in [2.05, 4.69) is 0 Å². The second-order valence-corrected chi connectivity index (χ2v) is 5.56. The van der Waals surface area contributed by atoms with Crippen molar-refractivity contribution in [3.8, 4) is 0 Å². The van der Waals surface area contributed by atoms with Crippen LogP contribution in [-0.4, -0.2) is 37.1 Å². The van der Waals surface area contributed by atoms with E-state index in [4.69, 9.17) is 10.5 Å². The van der Waals surface area contributed by atoms with Gasteiger partial charge in [0, 0.05) is 20.2 Å². The molecule has 0 aliphatic heterocycles. The Kier molecular flexibility index (Phi) is 7.72. The van der Waals surface area contributed by atoms with Crippen molar-refractivity contribution in [2.75, 3.05) is 20.3 Å². The summed E-state index contributed by atoms with van der Waals surface area (Å²) in [7, 11) is 1.57. The van der Waals surface area contributed by atoms with Gasteiger partial charge in [0.25, 0.3) is 0 Å². The van der Waals surface area contributed by atoms with E-state index < -0.39 is 6.04 Å². The normalized spacial score (nSPS) is 15.7. The van der Waals surface area contributed by atoms with Gasteiger partial charge in [0.2, 0.25) is 5.91 Å². The zero-order valence-electron chi connectivity index (χ0n) is 12.5. The van der Waals surface area contributed by atoms with Gasteiger partial charge in [-0.15, -0.1) is 12.4 Å². The zero-order valence-corrected chi connectivity index (χ0v) is 13.3. The summed E-state index contributed by atoms with van der Waals surface area (Å²) < 4.78 is 5.00. The molecule has 1 atom stereocenters. The van der Waals surface area contributed by atoms with Crippen LogP contribution in [0.2, 0.25) is 0 Å². The highest BCUT2D eigenvalue weighted by atomic mass is 35.5. The summed E-state index contributed by atoms with van der Waals surface area (Å²) in [5.74, 6) is 0.625. The molecule has 1 aliphatic carbocycles. The number of carbonyl (C=O) groups is 1. The van der Waals surface area contributed by atoms with Crippen LogP contribution < -0.4 is 5.73 Å². The van der Waals surface area contributed by atoms with Crippen molar-refractivity contribution in [1.82, 2.24) is 4.90 Å². The second kappa shape index (κ2) is 9.03. The van der Waals surface area contributed by atoms with Crippen LogP contribution in [0.3, 0.4) is 0 Å². The minimum absolute atomic E-state index is 0. The average molecular weight is 313 g/mol. The lowest BCUT2D eigenvalue weighted by Gasteiger charge is -2.33. The van der Waals surface area contributed by atoms with Crippen molar-refractivity contribution >= 4 is 18.3 Å². The third-order valence-electron chi connectivity index (χ3n) is 3.89. The largest absolute Gasteiger partial charge is 0.383 e. The van der Waals surface area contributed by atoms with Crippen LogP contribution in [0.15, 0.2) is 30.3 Å². The maximum absolute atomic E-state index is 12.4. The van der Waals surface area contributed by atoms with Gasteiger partial charge in [0.15, 0.2) is 0 Å². The minimum Gasteiger partial charge on any atom is -0.383 e. The molecule has 0 heterocycles. The first kappa shape index (κ1) is 18.0. The number of rotatable bonds is 7. The van der Waals surface area contributed by atoms with Crippen LogP contribution >= 0.6 is 12.4 Å². The molecule has 1 unspecified atom stereocenters. The minimum atomic E-state index is -0.566. The molecule has 0 spiro atoms. The van der Waals surface area contributed by atoms with Gasteiger partial charge in [-0.05, 0) is 24.3 Å². The number of methoxy groups -OCH3 is 1. The first-order valence-electron chi connectivity index (χ1n) is 7.28. The smallest absolute Gasteiger partial charge is 0.242 e. The van der Waals surface area contributed by atoms with Gasteiger partial charge in [-0.3, -0.25) is 4.79 Å². The number of amides is 1. The number of benzene rings is 1. The van der Waals surface area contributed by atoms with E-state index in [1.54, 1.807) is 7.11 Å². The lowest BCUT2D eigenvalue weighted by Crippen LogP contribution is -2.48. The monoisotopic (exact) mass is 312 g/mol. The van der Waals surface area contributed by atoms with Crippen LogP contribution in [0.4, 0.5) is 0 Å². The van der Waals surface area contributed by atoms with Crippen LogP contribution in [0.25, 0.3) is 0 Å². The molecule has 4 nitrogen and oxygen atoms in total. The van der Waals surface area contributed by atoms with E-state index in [0.717, 1.165) is 12.1 Å². The van der Waals surface area contributed by atoms with Gasteiger partial charge in [-0.2, -0.15) is 0 Å². The van der Waals surface area contributed by atoms with Gasteiger partial charge in [-0.1, -0.05) is 36.8 Å². The molecule has 1 aliphatic rings. The van der Waals surface area contributed by atoms with Gasteiger partial charge >= 0.3 is 0 Å². The Hall–Kier alpha value is -1.10. The number of nitrogens with two attached hydrogens (primary N) is 1. The third kappa shape index (κ3) is 5.30. The molecule has 1 amide bonds. The summed E-state index contributed by atoms with van der Waals surface area (Å²) in [4.78, 5) is 14.3. The molecule has 1 aromatic carbocycles. The van der Waals surface area contributed by atoms with Crippen molar-refractivity contribution in [1.29, 1.82) is 0 Å². The molecular weight excluding hydrogens is 288 g/mol. The highest BCUT2D eigenvalue weighted by molar-refractivity contribution is 5.85. The van der Waals surface area contributed by atoms with Gasteiger partial charge < -0.3 is 15.4 Å². The molecule has 1 fully saturated rings. The van der Waals surface area contributed by atoms with Crippen molar-refractivity contribution in [2.45, 2.75) is 31.8 Å². The Balaban J connectivity index is 0.00000220. The Morgan fingerprint density at radius 3 is 2.57 bits per heavy atom. The van der Waals surface area contributed by atoms with E-state index >= 15 is 0 Å². The predicted molar refractivity (Wildman–Crippen MR) is 86.3 cm³/mol. The van der Waals surface area contributed by atoms with Crippen molar-refractivity contribution < 1.29 is 9.53 Å². The van der Waals surface area contributed by atoms with Gasteiger partial charge in [0.05, 0.1) is 6.61 Å². The summed E-state index contributed by atoms with van der Waals surface area (Å²) >= 11 is 0. The highest BCUT2D eigenvalue weighted by Gasteiger charge is 2.26. The number of hydrogen-bond acceptors (Lipinski definition) is 3. The van der Waals surface area contributed by atoms with Crippen LogP contribution in [0.1, 0.15) is 24.8 Å². The molecule has 0 saturated heterocycles. The Labute approximate surface area is 133 Å². The third-order valence-corrected chi connectivity index (χ3v) is 3.89. The SMILES string of the molecule is COCC(N)C(=O)N(Cc1ccccc1)CC1CCC1.Cl. The first-order chi connectivity index (χ1) is 9.70. The number of hydrogen-bond donors (Lipinski definition) is 1. The summed E-state index contributed by atoms with van der Waals surface area (Å²) in [6, 6.07) is 9.50. The molecule has 118 valence electrons. The summed E-state index contributed by atoms with van der Waals surface area (Å²) in [5, 5.41) is 0. The van der Waals surface area contributed by atoms with Crippen molar-refractivity contribution in [2.24, 2.45) is 11.7 Å². The topological polar surface area (TPSA) is 55.6 Å². The molecule has 21 heavy (non-hydrogen) atoms. The highest BCUT2D eigenvalue weighted by Crippen LogP contribution is 2.27. The molecule has 2 rings (SSSR count). The summed E-state index contributed by atoms with van der Waals surface area (Å²) in [6.45, 7) is 1.72. The quantitative estimate of drug-likeness (QED) is 0.840. The number of nitrogens with zero attached hydrogens (tertiary/aromatic N) is 1. The Morgan fingerprint density at radius 1 is 1.38 bits per heavy atom. The predicted octanol–water partition coefficient (Wildman–Crippen LogP) is 2.21. The number of halogens is 1. The van der Waals surface area contributed by atoms with E-state index in [1.165, 1.54) is 19.3 Å². The zero-order chi connectivity index (χ0) is 14.4. The molecule has 2 N–H and O–H groups in total. The summed E-state index contributed by atoms with van der Waals surface area (Å²) in [5.41, 5.74) is 7.04. The fourth-order valence-electron chi connectivity index (χ4n) is 2.51. The summed E-state index contributed by atoms with van der Waals surface area (Å²) in [6.07, 6.45) is 3.72. The van der Waals surface area contributed by atoms with E-state index in [0.29, 0.717) is 12.5 Å². The lowest BCUT2D eigenvalue weighted by molar-refractivity contribution is -0.135. The molecule has 5 heteroatoms. The maximum atomic E-state index is 12.4. The van der Waals surface area contributed by atoms with Gasteiger partial charge in [0.1, 0.15) is 6.04 Å². The van der Waals surface area contributed by atoms with Gasteiger partial charge in [-0.25, -0.2) is 0 Å². The molecule has 0 bridgehead atoms. The molecule has 1 saturated carbocycles. The first-order valence-corrected chi connectivity index (χ1v) is 7.28. The molecular formula is C16H25ClN2O2. The van der Waals surface area contributed by atoms with E-state index in [1.807, 2.05) is 35.2 Å². The molecule has 1 aromatic rings. The fourth-order valence-corrected chi connectivity index (χ4v) is 2.51. The number of carbonyl (C=O) groups excluding carboxylic acids is 1. The molecule has 0 radical (unpaired) electrons. The Morgan fingerprint density at radius 2 is 2.05 bits per heavy atom. The maximum Gasteiger partial charge on any atom is 0.242 e. The second-order valence-electron chi connectivity index (χ2n) is 5.56. The fraction of sp³-hybridized carbons (Fsp3) is 0.562. The van der Waals surface area contributed by atoms with Crippen molar-refractivity contribution in [3.05, 3.63) is 35.9 Å². The molecule has 0 aromatic heterocycles. The average Bonchev–Trinajstić information content (AvgIpc) is 2.42. The van der Waals surface area contributed by atoms with Crippen LogP contribution in [-0.2, 0) is 16.1 Å². The van der Waals surface area contributed by atoms with E-state index in [-0.39, 0.29) is 24.9 Å². The standard InChI is InChI=1S/C16H24N2O2.ClH/c1-20-12-15(17)16(19)18(11-14-8-5-9-14)10-13-6-3-2-4-7-13;/h2-4,6-7,14-15H,5,8-12,17H2,1H3;1H. The lowest BCUT2D eigenvalue weighted by atomic mass is 9.85. The Bertz CT molecular complexity index is 424. The van der Waals surface area contributed by atoms with Crippen LogP contribution in [0, 0.1) is 5.92 Å². The van der Waals surface area contributed by atoms with E-state index in [9.17, 15) is 4.79 Å².